The van der Waals surface area contributed by atoms with Gasteiger partial charge in [0.05, 0.1) is 11.8 Å². The van der Waals surface area contributed by atoms with Crippen molar-refractivity contribution in [2.24, 2.45) is 0 Å². The molecule has 2 aromatic rings. The van der Waals surface area contributed by atoms with E-state index < -0.39 is 6.10 Å². The molecule has 1 unspecified atom stereocenters. The van der Waals surface area contributed by atoms with Gasteiger partial charge in [0.15, 0.2) is 0 Å². The van der Waals surface area contributed by atoms with Crippen LogP contribution in [0.25, 0.3) is 0 Å². The van der Waals surface area contributed by atoms with Crippen molar-refractivity contribution in [2.45, 2.75) is 38.5 Å². The molecule has 106 valence electrons. The van der Waals surface area contributed by atoms with Crippen LogP contribution >= 0.6 is 11.3 Å². The zero-order valence-electron chi connectivity index (χ0n) is 11.4. The van der Waals surface area contributed by atoms with E-state index >= 15 is 0 Å². The lowest BCUT2D eigenvalue weighted by atomic mass is 10.1. The van der Waals surface area contributed by atoms with E-state index in [1.54, 1.807) is 24.3 Å². The normalized spacial score (nSPS) is 16.1. The number of nitrogens with zero attached hydrogens (tertiary/aromatic N) is 1. The van der Waals surface area contributed by atoms with Crippen LogP contribution in [0.1, 0.15) is 37.0 Å². The van der Waals surface area contributed by atoms with Crippen LogP contribution in [0.4, 0.5) is 10.1 Å². The predicted molar refractivity (Wildman–Crippen MR) is 80.6 cm³/mol. The second-order valence-corrected chi connectivity index (χ2v) is 6.16. The summed E-state index contributed by atoms with van der Waals surface area (Å²) in [5.41, 5.74) is 2.49. The van der Waals surface area contributed by atoms with Gasteiger partial charge in [-0.3, -0.25) is 0 Å². The summed E-state index contributed by atoms with van der Waals surface area (Å²) in [5, 5.41) is 13.7. The van der Waals surface area contributed by atoms with Gasteiger partial charge in [-0.1, -0.05) is 6.07 Å². The largest absolute Gasteiger partial charge is 0.389 e. The summed E-state index contributed by atoms with van der Waals surface area (Å²) in [6.45, 7) is 2.40. The number of aliphatic hydroxyl groups is 1. The summed E-state index contributed by atoms with van der Waals surface area (Å²) in [5.74, 6) is -0.245. The predicted octanol–water partition coefficient (Wildman–Crippen LogP) is 4.11. The van der Waals surface area contributed by atoms with E-state index in [2.05, 4.69) is 16.3 Å². The summed E-state index contributed by atoms with van der Waals surface area (Å²) in [4.78, 5) is 2.14. The maximum absolute atomic E-state index is 14.3. The first-order valence-electron chi connectivity index (χ1n) is 6.90. The van der Waals surface area contributed by atoms with Crippen molar-refractivity contribution in [2.75, 3.05) is 4.90 Å². The first kappa shape index (κ1) is 13.6. The molecular weight excluding hydrogens is 273 g/mol. The van der Waals surface area contributed by atoms with Gasteiger partial charge >= 0.3 is 0 Å². The van der Waals surface area contributed by atoms with Crippen LogP contribution in [0.2, 0.25) is 0 Å². The highest BCUT2D eigenvalue weighted by atomic mass is 32.1. The molecule has 2 nitrogen and oxygen atoms in total. The molecule has 1 aromatic heterocycles. The second kappa shape index (κ2) is 5.54. The average molecular weight is 291 g/mol. The van der Waals surface area contributed by atoms with E-state index in [0.717, 1.165) is 19.4 Å². The zero-order chi connectivity index (χ0) is 14.1. The molecule has 3 rings (SSSR count). The highest BCUT2D eigenvalue weighted by Crippen LogP contribution is 2.35. The molecule has 1 heterocycles. The molecule has 1 aliphatic rings. The lowest BCUT2D eigenvalue weighted by Gasteiger charge is -2.25. The van der Waals surface area contributed by atoms with E-state index in [9.17, 15) is 9.50 Å². The number of hydrogen-bond donors (Lipinski definition) is 1. The van der Waals surface area contributed by atoms with Crippen LogP contribution in [0.3, 0.4) is 0 Å². The van der Waals surface area contributed by atoms with E-state index in [1.807, 2.05) is 11.4 Å². The van der Waals surface area contributed by atoms with Gasteiger partial charge in [-0.2, -0.15) is 11.3 Å². The Hall–Kier alpha value is -1.39. The number of anilines is 1. The number of thiophene rings is 1. The third kappa shape index (κ3) is 2.86. The molecule has 0 radical (unpaired) electrons. The van der Waals surface area contributed by atoms with Crippen molar-refractivity contribution >= 4 is 17.0 Å². The van der Waals surface area contributed by atoms with Crippen LogP contribution in [0.15, 0.2) is 35.0 Å². The smallest absolute Gasteiger partial charge is 0.146 e. The minimum Gasteiger partial charge on any atom is -0.389 e. The van der Waals surface area contributed by atoms with Gasteiger partial charge in [0.1, 0.15) is 5.82 Å². The molecule has 1 N–H and O–H groups in total. The number of halogens is 1. The lowest BCUT2D eigenvalue weighted by molar-refractivity contribution is 0.199. The van der Waals surface area contributed by atoms with Crippen LogP contribution < -0.4 is 4.90 Å². The van der Waals surface area contributed by atoms with Crippen LogP contribution in [-0.4, -0.2) is 11.1 Å². The van der Waals surface area contributed by atoms with Gasteiger partial charge in [-0.15, -0.1) is 0 Å². The third-order valence-electron chi connectivity index (χ3n) is 3.68. The maximum Gasteiger partial charge on any atom is 0.146 e. The minimum absolute atomic E-state index is 0.245. The van der Waals surface area contributed by atoms with Crippen molar-refractivity contribution in [3.63, 3.8) is 0 Å². The van der Waals surface area contributed by atoms with Crippen molar-refractivity contribution in [3.05, 3.63) is 52.0 Å². The van der Waals surface area contributed by atoms with Crippen LogP contribution in [0.5, 0.6) is 0 Å². The van der Waals surface area contributed by atoms with E-state index in [-0.39, 0.29) is 5.82 Å². The summed E-state index contributed by atoms with van der Waals surface area (Å²) in [6, 6.07) is 7.58. The minimum atomic E-state index is -0.634. The molecule has 4 heteroatoms. The van der Waals surface area contributed by atoms with Gasteiger partial charge in [0.25, 0.3) is 0 Å². The van der Waals surface area contributed by atoms with E-state index in [1.165, 1.54) is 11.6 Å². The Morgan fingerprint density at radius 2 is 2.20 bits per heavy atom. The molecule has 0 saturated heterocycles. The number of rotatable bonds is 5. The summed E-state index contributed by atoms with van der Waals surface area (Å²) in [7, 11) is 0. The molecule has 1 aromatic carbocycles. The summed E-state index contributed by atoms with van der Waals surface area (Å²) in [6.07, 6.45) is 1.62. The molecule has 1 atom stereocenters. The van der Waals surface area contributed by atoms with E-state index in [4.69, 9.17) is 0 Å². The maximum atomic E-state index is 14.3. The van der Waals surface area contributed by atoms with Gasteiger partial charge in [0.2, 0.25) is 0 Å². The molecule has 1 fully saturated rings. The molecular formula is C16H18FNOS. The molecule has 0 aliphatic heterocycles. The van der Waals surface area contributed by atoms with Gasteiger partial charge < -0.3 is 10.0 Å². The van der Waals surface area contributed by atoms with E-state index in [0.29, 0.717) is 17.3 Å². The Morgan fingerprint density at radius 1 is 1.40 bits per heavy atom. The monoisotopic (exact) mass is 291 g/mol. The SMILES string of the molecule is CC(O)c1ccc(N(Cc2ccsc2)C2CC2)c(F)c1. The highest BCUT2D eigenvalue weighted by molar-refractivity contribution is 7.07. The highest BCUT2D eigenvalue weighted by Gasteiger charge is 2.31. The Labute approximate surface area is 122 Å². The summed E-state index contributed by atoms with van der Waals surface area (Å²) >= 11 is 1.67. The standard InChI is InChI=1S/C16H18FNOS/c1-11(19)13-2-5-16(15(17)8-13)18(14-3-4-14)9-12-6-7-20-10-12/h2,5-8,10-11,14,19H,3-4,9H2,1H3. The fourth-order valence-electron chi connectivity index (χ4n) is 2.39. The summed E-state index contributed by atoms with van der Waals surface area (Å²) < 4.78 is 14.3. The number of hydrogen-bond acceptors (Lipinski definition) is 3. The fourth-order valence-corrected chi connectivity index (χ4v) is 3.05. The third-order valence-corrected chi connectivity index (χ3v) is 4.42. The molecule has 1 aliphatic carbocycles. The van der Waals surface area contributed by atoms with Gasteiger partial charge in [0, 0.05) is 12.6 Å². The average Bonchev–Trinajstić information content (AvgIpc) is 3.14. The quantitative estimate of drug-likeness (QED) is 0.896. The molecule has 20 heavy (non-hydrogen) atoms. The molecule has 0 amide bonds. The Balaban J connectivity index is 1.87. The number of benzene rings is 1. The molecule has 0 spiro atoms. The van der Waals surface area contributed by atoms with Crippen molar-refractivity contribution in [1.82, 2.24) is 0 Å². The van der Waals surface area contributed by atoms with Crippen LogP contribution in [-0.2, 0) is 6.54 Å². The van der Waals surface area contributed by atoms with Crippen LogP contribution in [0, 0.1) is 5.82 Å². The van der Waals surface area contributed by atoms with Crippen molar-refractivity contribution in [3.8, 4) is 0 Å². The fraction of sp³-hybridized carbons (Fsp3) is 0.375. The second-order valence-electron chi connectivity index (χ2n) is 5.38. The molecule has 1 saturated carbocycles. The van der Waals surface area contributed by atoms with Crippen molar-refractivity contribution in [1.29, 1.82) is 0 Å². The Morgan fingerprint density at radius 3 is 2.75 bits per heavy atom. The Kier molecular flexibility index (Phi) is 3.76. The first-order valence-corrected chi connectivity index (χ1v) is 7.84. The number of aliphatic hydroxyl groups excluding tert-OH is 1. The zero-order valence-corrected chi connectivity index (χ0v) is 12.2. The first-order chi connectivity index (χ1) is 9.65. The van der Waals surface area contributed by atoms with Gasteiger partial charge in [-0.05, 0) is 59.9 Å². The molecule has 0 bridgehead atoms. The van der Waals surface area contributed by atoms with Gasteiger partial charge in [-0.25, -0.2) is 4.39 Å². The Bertz CT molecular complexity index is 578. The topological polar surface area (TPSA) is 23.5 Å². The lowest BCUT2D eigenvalue weighted by Crippen LogP contribution is -2.25. The van der Waals surface area contributed by atoms with Crippen molar-refractivity contribution < 1.29 is 9.50 Å².